The number of hydrogen-bond donors (Lipinski definition) is 0. The van der Waals surface area contributed by atoms with Crippen LogP contribution < -0.4 is 4.74 Å². The van der Waals surface area contributed by atoms with Crippen molar-refractivity contribution in [1.29, 1.82) is 0 Å². The molecule has 0 saturated carbocycles. The number of sulfone groups is 1. The van der Waals surface area contributed by atoms with E-state index in [4.69, 9.17) is 4.74 Å². The van der Waals surface area contributed by atoms with Gasteiger partial charge in [0.25, 0.3) is 0 Å². The lowest BCUT2D eigenvalue weighted by molar-refractivity contribution is 0.481. The predicted molar refractivity (Wildman–Crippen MR) is 129 cm³/mol. The molecule has 0 amide bonds. The summed E-state index contributed by atoms with van der Waals surface area (Å²) in [5.74, 6) is 1.30. The third kappa shape index (κ3) is 4.76. The zero-order chi connectivity index (χ0) is 22.8. The molecule has 0 aliphatic rings. The topological polar surface area (TPSA) is 43.4 Å². The summed E-state index contributed by atoms with van der Waals surface area (Å²) in [7, 11) is -3.61. The lowest BCUT2D eigenvalue weighted by Crippen LogP contribution is -2.10. The van der Waals surface area contributed by atoms with E-state index in [0.717, 1.165) is 11.1 Å². The van der Waals surface area contributed by atoms with Crippen LogP contribution in [0.25, 0.3) is 11.1 Å². The molecular formula is C28H26O3S. The van der Waals surface area contributed by atoms with Crippen molar-refractivity contribution >= 4 is 9.84 Å². The minimum absolute atomic E-state index is 0.0772. The van der Waals surface area contributed by atoms with E-state index in [1.54, 1.807) is 36.4 Å². The summed E-state index contributed by atoms with van der Waals surface area (Å²) in [6.45, 7) is 6.49. The van der Waals surface area contributed by atoms with Crippen LogP contribution in [-0.4, -0.2) is 8.42 Å². The maximum absolute atomic E-state index is 13.0. The van der Waals surface area contributed by atoms with Gasteiger partial charge in [0.2, 0.25) is 9.84 Å². The fourth-order valence-corrected chi connectivity index (χ4v) is 4.70. The van der Waals surface area contributed by atoms with Gasteiger partial charge in [0.15, 0.2) is 0 Å². The maximum atomic E-state index is 13.0. The predicted octanol–water partition coefficient (Wildman–Crippen LogP) is 7.28. The van der Waals surface area contributed by atoms with Crippen LogP contribution in [0.5, 0.6) is 11.5 Å². The first kappa shape index (κ1) is 21.8. The van der Waals surface area contributed by atoms with Crippen LogP contribution in [0.2, 0.25) is 0 Å². The van der Waals surface area contributed by atoms with Gasteiger partial charge in [-0.25, -0.2) is 8.42 Å². The molecule has 0 radical (unpaired) electrons. The zero-order valence-electron chi connectivity index (χ0n) is 18.4. The monoisotopic (exact) mass is 442 g/mol. The Bertz CT molecular complexity index is 1280. The van der Waals surface area contributed by atoms with E-state index in [2.05, 4.69) is 20.8 Å². The molecule has 0 bridgehead atoms. The molecule has 0 unspecified atom stereocenters. The molecule has 0 aromatic heterocycles. The van der Waals surface area contributed by atoms with Crippen molar-refractivity contribution in [3.63, 3.8) is 0 Å². The van der Waals surface area contributed by atoms with E-state index in [1.165, 1.54) is 5.56 Å². The molecule has 0 saturated heterocycles. The first-order chi connectivity index (χ1) is 15.2. The normalized spacial score (nSPS) is 11.8. The lowest BCUT2D eigenvalue weighted by Gasteiger charge is -2.19. The van der Waals surface area contributed by atoms with Crippen LogP contribution in [0.1, 0.15) is 26.3 Å². The Morgan fingerprint density at radius 3 is 1.50 bits per heavy atom. The Labute approximate surface area is 190 Å². The Hall–Kier alpha value is -3.37. The highest BCUT2D eigenvalue weighted by molar-refractivity contribution is 7.91. The Balaban J connectivity index is 1.50. The third-order valence-corrected chi connectivity index (χ3v) is 7.15. The molecule has 0 fully saturated rings. The smallest absolute Gasteiger partial charge is 0.206 e. The molecule has 0 aliphatic carbocycles. The maximum Gasteiger partial charge on any atom is 0.206 e. The van der Waals surface area contributed by atoms with Crippen molar-refractivity contribution in [2.75, 3.05) is 0 Å². The highest BCUT2D eigenvalue weighted by Crippen LogP contribution is 2.29. The van der Waals surface area contributed by atoms with E-state index < -0.39 is 9.84 Å². The van der Waals surface area contributed by atoms with E-state index >= 15 is 0 Å². The molecule has 162 valence electrons. The van der Waals surface area contributed by atoms with E-state index in [9.17, 15) is 8.42 Å². The van der Waals surface area contributed by atoms with Gasteiger partial charge < -0.3 is 4.74 Å². The fourth-order valence-electron chi connectivity index (χ4n) is 3.44. The Morgan fingerprint density at radius 1 is 0.562 bits per heavy atom. The van der Waals surface area contributed by atoms with E-state index in [0.29, 0.717) is 11.5 Å². The van der Waals surface area contributed by atoms with Gasteiger partial charge in [-0.05, 0) is 70.6 Å². The van der Waals surface area contributed by atoms with Crippen LogP contribution >= 0.6 is 0 Å². The van der Waals surface area contributed by atoms with Crippen molar-refractivity contribution < 1.29 is 13.2 Å². The first-order valence-corrected chi connectivity index (χ1v) is 12.0. The van der Waals surface area contributed by atoms with Crippen LogP contribution in [0.4, 0.5) is 0 Å². The molecule has 4 aromatic carbocycles. The Morgan fingerprint density at radius 2 is 1.00 bits per heavy atom. The van der Waals surface area contributed by atoms with Crippen molar-refractivity contribution in [1.82, 2.24) is 0 Å². The molecule has 32 heavy (non-hydrogen) atoms. The second-order valence-corrected chi connectivity index (χ2v) is 10.7. The average molecular weight is 443 g/mol. The largest absolute Gasteiger partial charge is 0.457 e. The van der Waals surface area contributed by atoms with Crippen molar-refractivity contribution in [2.24, 2.45) is 0 Å². The highest BCUT2D eigenvalue weighted by Gasteiger charge is 2.18. The third-order valence-electron chi connectivity index (χ3n) is 5.36. The average Bonchev–Trinajstić information content (AvgIpc) is 2.80. The molecule has 4 rings (SSSR count). The highest BCUT2D eigenvalue weighted by atomic mass is 32.2. The minimum atomic E-state index is -3.61. The van der Waals surface area contributed by atoms with Gasteiger partial charge in [-0.15, -0.1) is 0 Å². The summed E-state index contributed by atoms with van der Waals surface area (Å²) >= 11 is 0. The summed E-state index contributed by atoms with van der Waals surface area (Å²) in [6.07, 6.45) is 0. The number of rotatable bonds is 5. The van der Waals surface area contributed by atoms with Gasteiger partial charge in [0.05, 0.1) is 9.79 Å². The summed E-state index contributed by atoms with van der Waals surface area (Å²) in [5.41, 5.74) is 3.33. The SMILES string of the molecule is CC(C)(C)c1ccc(Oc2ccc(S(=O)(=O)c3ccc(-c4ccccc4)cc3)cc2)cc1. The summed E-state index contributed by atoms with van der Waals surface area (Å²) in [5, 5.41) is 0. The number of benzene rings is 4. The van der Waals surface area contributed by atoms with Crippen LogP contribution in [0.3, 0.4) is 0 Å². The van der Waals surface area contributed by atoms with Crippen LogP contribution in [-0.2, 0) is 15.3 Å². The molecule has 0 N–H and O–H groups in total. The molecule has 0 atom stereocenters. The van der Waals surface area contributed by atoms with Gasteiger partial charge in [-0.1, -0.05) is 75.4 Å². The summed E-state index contributed by atoms with van der Waals surface area (Å²) in [6, 6.07) is 31.3. The zero-order valence-corrected chi connectivity index (χ0v) is 19.3. The van der Waals surface area contributed by atoms with E-state index in [-0.39, 0.29) is 15.2 Å². The van der Waals surface area contributed by atoms with Gasteiger partial charge in [-0.2, -0.15) is 0 Å². The lowest BCUT2D eigenvalue weighted by atomic mass is 9.87. The fraction of sp³-hybridized carbons (Fsp3) is 0.143. The van der Waals surface area contributed by atoms with Crippen molar-refractivity contribution in [2.45, 2.75) is 36.0 Å². The van der Waals surface area contributed by atoms with Crippen molar-refractivity contribution in [3.8, 4) is 22.6 Å². The first-order valence-electron chi connectivity index (χ1n) is 10.5. The van der Waals surface area contributed by atoms with Crippen molar-refractivity contribution in [3.05, 3.63) is 109 Å². The molecule has 0 aliphatic heterocycles. The van der Waals surface area contributed by atoms with E-state index in [1.807, 2.05) is 66.7 Å². The minimum Gasteiger partial charge on any atom is -0.457 e. The second-order valence-electron chi connectivity index (χ2n) is 8.74. The summed E-state index contributed by atoms with van der Waals surface area (Å²) in [4.78, 5) is 0.504. The van der Waals surface area contributed by atoms with Crippen LogP contribution in [0.15, 0.2) is 113 Å². The number of hydrogen-bond acceptors (Lipinski definition) is 3. The standard InChI is InChI=1S/C28H26O3S/c1-28(2,3)23-11-13-24(14-12-23)31-25-15-19-27(20-16-25)32(29,30)26-17-9-22(10-18-26)21-7-5-4-6-8-21/h4-20H,1-3H3. The van der Waals surface area contributed by atoms with Crippen LogP contribution in [0, 0.1) is 0 Å². The van der Waals surface area contributed by atoms with Gasteiger partial charge in [0, 0.05) is 0 Å². The molecule has 0 spiro atoms. The van der Waals surface area contributed by atoms with Gasteiger partial charge in [0.1, 0.15) is 11.5 Å². The molecule has 3 nitrogen and oxygen atoms in total. The number of ether oxygens (including phenoxy) is 1. The molecule has 0 heterocycles. The quantitative estimate of drug-likeness (QED) is 0.326. The molecular weight excluding hydrogens is 416 g/mol. The van der Waals surface area contributed by atoms with Gasteiger partial charge in [-0.3, -0.25) is 0 Å². The molecule has 4 aromatic rings. The van der Waals surface area contributed by atoms with Gasteiger partial charge >= 0.3 is 0 Å². The summed E-state index contributed by atoms with van der Waals surface area (Å²) < 4.78 is 32.0. The second kappa shape index (κ2) is 8.64. The molecule has 4 heteroatoms. The Kier molecular flexibility index (Phi) is 5.90.